The van der Waals surface area contributed by atoms with Crippen LogP contribution in [-0.4, -0.2) is 20.7 Å². The number of nitrogens with one attached hydrogen (secondary N) is 1. The summed E-state index contributed by atoms with van der Waals surface area (Å²) in [6.45, 7) is 3.67. The van der Waals surface area contributed by atoms with Gasteiger partial charge in [-0.25, -0.2) is 4.98 Å². The lowest BCUT2D eigenvalue weighted by molar-refractivity contribution is 0.0710. The Morgan fingerprint density at radius 1 is 1.22 bits per heavy atom. The lowest BCUT2D eigenvalue weighted by atomic mass is 10.0. The highest BCUT2D eigenvalue weighted by atomic mass is 35.5. The van der Waals surface area contributed by atoms with E-state index in [9.17, 15) is 5.11 Å². The molecular formula is C18H19ClN2OS. The number of H-pyrrole nitrogens is 1. The van der Waals surface area contributed by atoms with Gasteiger partial charge < -0.3 is 10.1 Å². The molecule has 0 saturated heterocycles. The largest absolute Gasteiger partial charge is 0.390 e. The monoisotopic (exact) mass is 346 g/mol. The highest BCUT2D eigenvalue weighted by molar-refractivity contribution is 7.99. The number of hydrogen-bond donors (Lipinski definition) is 2. The van der Waals surface area contributed by atoms with Crippen molar-refractivity contribution in [2.45, 2.75) is 42.1 Å². The average molecular weight is 347 g/mol. The van der Waals surface area contributed by atoms with Gasteiger partial charge in [0.1, 0.15) is 5.65 Å². The molecule has 0 aliphatic rings. The third-order valence-electron chi connectivity index (χ3n) is 3.62. The molecule has 2 N–H and O–H groups in total. The minimum atomic E-state index is -0.688. The number of fused-ring (bicyclic) bond motifs is 1. The van der Waals surface area contributed by atoms with E-state index in [0.717, 1.165) is 33.1 Å². The highest BCUT2D eigenvalue weighted by Gasteiger charge is 2.18. The zero-order chi connectivity index (χ0) is 16.4. The van der Waals surface area contributed by atoms with Gasteiger partial charge in [-0.2, -0.15) is 0 Å². The van der Waals surface area contributed by atoms with Crippen molar-refractivity contribution in [3.63, 3.8) is 0 Å². The first-order valence-electron chi connectivity index (χ1n) is 7.54. The number of aromatic nitrogens is 2. The van der Waals surface area contributed by atoms with Crippen LogP contribution in [0.2, 0.25) is 5.02 Å². The molecule has 0 amide bonds. The summed E-state index contributed by atoms with van der Waals surface area (Å²) in [5.41, 5.74) is 1.31. The van der Waals surface area contributed by atoms with Crippen LogP contribution in [0.25, 0.3) is 11.0 Å². The number of aliphatic hydroxyl groups is 1. The van der Waals surface area contributed by atoms with Crippen LogP contribution >= 0.6 is 23.4 Å². The van der Waals surface area contributed by atoms with Gasteiger partial charge in [-0.05, 0) is 63.1 Å². The van der Waals surface area contributed by atoms with Gasteiger partial charge >= 0.3 is 0 Å². The molecule has 3 aromatic rings. The fourth-order valence-electron chi connectivity index (χ4n) is 2.39. The minimum absolute atomic E-state index is 0.688. The molecule has 2 aromatic heterocycles. The molecule has 120 valence electrons. The molecule has 0 bridgehead atoms. The van der Waals surface area contributed by atoms with Gasteiger partial charge in [-0.3, -0.25) is 0 Å². The van der Waals surface area contributed by atoms with Gasteiger partial charge in [0, 0.05) is 32.1 Å². The second-order valence-corrected chi connectivity index (χ2v) is 7.72. The first-order chi connectivity index (χ1) is 10.9. The van der Waals surface area contributed by atoms with Crippen molar-refractivity contribution in [3.8, 4) is 0 Å². The third kappa shape index (κ3) is 4.08. The second-order valence-electron chi connectivity index (χ2n) is 6.20. The smallest absolute Gasteiger partial charge is 0.138 e. The zero-order valence-corrected chi connectivity index (χ0v) is 14.7. The normalized spacial score (nSPS) is 12.0. The van der Waals surface area contributed by atoms with Crippen molar-refractivity contribution >= 4 is 34.4 Å². The Balaban J connectivity index is 1.96. The molecule has 0 unspecified atom stereocenters. The third-order valence-corrected chi connectivity index (χ3v) is 5.05. The van der Waals surface area contributed by atoms with E-state index in [2.05, 4.69) is 16.0 Å². The van der Waals surface area contributed by atoms with E-state index in [1.54, 1.807) is 18.0 Å². The maximum absolute atomic E-state index is 10.0. The summed E-state index contributed by atoms with van der Waals surface area (Å²) in [4.78, 5) is 10.1. The quantitative estimate of drug-likeness (QED) is 0.678. The molecule has 0 fully saturated rings. The standard InChI is InChI=1S/C18H19ClN2OS/c1-18(2,22)10-9-15-16(14-4-3-11-20-17(14)21-15)23-13-7-5-12(19)6-8-13/h3-8,11,22H,9-10H2,1-2H3,(H,20,21). The summed E-state index contributed by atoms with van der Waals surface area (Å²) in [5, 5.41) is 11.9. The number of hydrogen-bond acceptors (Lipinski definition) is 3. The van der Waals surface area contributed by atoms with Gasteiger partial charge in [0.25, 0.3) is 0 Å². The summed E-state index contributed by atoms with van der Waals surface area (Å²) < 4.78 is 0. The molecule has 0 aliphatic carbocycles. The number of aromatic amines is 1. The van der Waals surface area contributed by atoms with E-state index in [4.69, 9.17) is 11.6 Å². The Labute approximate surface area is 145 Å². The Morgan fingerprint density at radius 2 is 1.96 bits per heavy atom. The van der Waals surface area contributed by atoms with E-state index in [-0.39, 0.29) is 0 Å². The van der Waals surface area contributed by atoms with Crippen molar-refractivity contribution in [1.82, 2.24) is 9.97 Å². The summed E-state index contributed by atoms with van der Waals surface area (Å²) in [6, 6.07) is 11.8. The molecule has 0 aliphatic heterocycles. The van der Waals surface area contributed by atoms with Crippen molar-refractivity contribution in [1.29, 1.82) is 0 Å². The van der Waals surface area contributed by atoms with E-state index in [1.165, 1.54) is 4.90 Å². The van der Waals surface area contributed by atoms with Crippen LogP contribution < -0.4 is 0 Å². The molecule has 1 aromatic carbocycles. The molecule has 23 heavy (non-hydrogen) atoms. The van der Waals surface area contributed by atoms with Crippen molar-refractivity contribution in [2.24, 2.45) is 0 Å². The maximum atomic E-state index is 10.0. The first-order valence-corrected chi connectivity index (χ1v) is 8.73. The Kier molecular flexibility index (Phi) is 4.67. The van der Waals surface area contributed by atoms with Crippen LogP contribution in [0.4, 0.5) is 0 Å². The Bertz CT molecular complexity index is 806. The number of halogens is 1. The maximum Gasteiger partial charge on any atom is 0.138 e. The summed E-state index contributed by atoms with van der Waals surface area (Å²) in [7, 11) is 0. The Morgan fingerprint density at radius 3 is 2.65 bits per heavy atom. The number of rotatable bonds is 5. The molecule has 5 heteroatoms. The molecule has 2 heterocycles. The van der Waals surface area contributed by atoms with Crippen LogP contribution in [0.3, 0.4) is 0 Å². The van der Waals surface area contributed by atoms with Crippen LogP contribution in [0.15, 0.2) is 52.4 Å². The van der Waals surface area contributed by atoms with Crippen LogP contribution in [0, 0.1) is 0 Å². The first kappa shape index (κ1) is 16.4. The van der Waals surface area contributed by atoms with Crippen molar-refractivity contribution in [3.05, 3.63) is 53.3 Å². The Hall–Kier alpha value is -1.49. The van der Waals surface area contributed by atoms with Gasteiger partial charge in [-0.1, -0.05) is 23.4 Å². The van der Waals surface area contributed by atoms with Crippen LogP contribution in [-0.2, 0) is 6.42 Å². The van der Waals surface area contributed by atoms with E-state index >= 15 is 0 Å². The number of aryl methyl sites for hydroxylation is 1. The van der Waals surface area contributed by atoms with Gasteiger partial charge in [0.05, 0.1) is 5.60 Å². The van der Waals surface area contributed by atoms with Gasteiger partial charge in [-0.15, -0.1) is 0 Å². The lowest BCUT2D eigenvalue weighted by Crippen LogP contribution is -2.19. The molecule has 0 saturated carbocycles. The molecule has 0 radical (unpaired) electrons. The molecule has 0 spiro atoms. The number of nitrogens with zero attached hydrogens (tertiary/aromatic N) is 1. The number of pyridine rings is 1. The molecule has 3 rings (SSSR count). The topological polar surface area (TPSA) is 48.9 Å². The molecular weight excluding hydrogens is 328 g/mol. The fourth-order valence-corrected chi connectivity index (χ4v) is 3.58. The van der Waals surface area contributed by atoms with Crippen LogP contribution in [0.5, 0.6) is 0 Å². The fraction of sp³-hybridized carbons (Fsp3) is 0.278. The lowest BCUT2D eigenvalue weighted by Gasteiger charge is -2.16. The second kappa shape index (κ2) is 6.56. The minimum Gasteiger partial charge on any atom is -0.390 e. The zero-order valence-electron chi connectivity index (χ0n) is 13.1. The van der Waals surface area contributed by atoms with E-state index in [1.807, 2.05) is 44.2 Å². The van der Waals surface area contributed by atoms with E-state index in [0.29, 0.717) is 6.42 Å². The van der Waals surface area contributed by atoms with Crippen LogP contribution in [0.1, 0.15) is 26.0 Å². The molecule has 0 atom stereocenters. The predicted octanol–water partition coefficient (Wildman–Crippen LogP) is 5.07. The highest BCUT2D eigenvalue weighted by Crippen LogP contribution is 2.37. The van der Waals surface area contributed by atoms with Crippen molar-refractivity contribution in [2.75, 3.05) is 0 Å². The summed E-state index contributed by atoms with van der Waals surface area (Å²) in [6.07, 6.45) is 3.25. The van der Waals surface area contributed by atoms with E-state index < -0.39 is 5.60 Å². The summed E-state index contributed by atoms with van der Waals surface area (Å²) >= 11 is 7.66. The summed E-state index contributed by atoms with van der Waals surface area (Å²) in [5.74, 6) is 0. The average Bonchev–Trinajstić information content (AvgIpc) is 2.85. The SMILES string of the molecule is CC(C)(O)CCc1[nH]c2ncccc2c1Sc1ccc(Cl)cc1. The number of benzene rings is 1. The predicted molar refractivity (Wildman–Crippen MR) is 96.3 cm³/mol. The van der Waals surface area contributed by atoms with Crippen molar-refractivity contribution < 1.29 is 5.11 Å². The van der Waals surface area contributed by atoms with Gasteiger partial charge in [0.2, 0.25) is 0 Å². The van der Waals surface area contributed by atoms with Gasteiger partial charge in [0.15, 0.2) is 0 Å². The molecule has 3 nitrogen and oxygen atoms in total.